The van der Waals surface area contributed by atoms with Crippen molar-refractivity contribution in [2.24, 2.45) is 17.8 Å². The summed E-state index contributed by atoms with van der Waals surface area (Å²) < 4.78 is 0. The van der Waals surface area contributed by atoms with Crippen LogP contribution in [0.15, 0.2) is 0 Å². The van der Waals surface area contributed by atoms with Gasteiger partial charge in [-0.2, -0.15) is 0 Å². The molecule has 0 nitrogen and oxygen atoms in total. The summed E-state index contributed by atoms with van der Waals surface area (Å²) in [5.41, 5.74) is 0. The van der Waals surface area contributed by atoms with E-state index in [9.17, 15) is 0 Å². The van der Waals surface area contributed by atoms with Crippen molar-refractivity contribution in [2.75, 3.05) is 0 Å². The van der Waals surface area contributed by atoms with Crippen LogP contribution in [0.1, 0.15) is 51.9 Å². The molecule has 0 aromatic heterocycles. The molecule has 0 saturated heterocycles. The van der Waals surface area contributed by atoms with Gasteiger partial charge in [-0.05, 0) is 24.2 Å². The van der Waals surface area contributed by atoms with E-state index in [0.717, 1.165) is 5.92 Å². The molecule has 2 saturated carbocycles. The first-order chi connectivity index (χ1) is 5.42. The molecule has 0 aliphatic heterocycles. The van der Waals surface area contributed by atoms with Gasteiger partial charge in [-0.15, -0.1) is 0 Å². The van der Waals surface area contributed by atoms with E-state index < -0.39 is 0 Å². The van der Waals surface area contributed by atoms with E-state index in [1.165, 1.54) is 37.5 Å². The summed E-state index contributed by atoms with van der Waals surface area (Å²) in [6.07, 6.45) is 10.7. The van der Waals surface area contributed by atoms with Gasteiger partial charge in [0.15, 0.2) is 0 Å². The van der Waals surface area contributed by atoms with Crippen LogP contribution in [0.4, 0.5) is 0 Å². The molecule has 64 valence electrons. The Morgan fingerprint density at radius 3 is 3.00 bits per heavy atom. The van der Waals surface area contributed by atoms with Crippen molar-refractivity contribution < 1.29 is 0 Å². The first kappa shape index (κ1) is 7.64. The number of unbranched alkanes of at least 4 members (excludes halogenated alkanes) is 1. The molecule has 3 unspecified atom stereocenters. The van der Waals surface area contributed by atoms with Crippen LogP contribution in [0.5, 0.6) is 0 Å². The van der Waals surface area contributed by atoms with Crippen molar-refractivity contribution in [3.63, 3.8) is 0 Å². The largest absolute Gasteiger partial charge is 0.0654 e. The second-order valence-electron chi connectivity index (χ2n) is 4.49. The summed E-state index contributed by atoms with van der Waals surface area (Å²) >= 11 is 0. The van der Waals surface area contributed by atoms with Crippen LogP contribution in [0.2, 0.25) is 0 Å². The normalized spacial score (nSPS) is 41.7. The Kier molecular flexibility index (Phi) is 2.20. The zero-order valence-electron chi connectivity index (χ0n) is 7.68. The third-order valence-corrected chi connectivity index (χ3v) is 3.66. The van der Waals surface area contributed by atoms with Crippen LogP contribution in [-0.2, 0) is 0 Å². The third-order valence-electron chi connectivity index (χ3n) is 3.66. The number of hydrogen-bond acceptors (Lipinski definition) is 0. The maximum Gasteiger partial charge on any atom is -0.0355 e. The molecule has 2 rings (SSSR count). The van der Waals surface area contributed by atoms with Gasteiger partial charge in [0.05, 0.1) is 0 Å². The van der Waals surface area contributed by atoms with Crippen molar-refractivity contribution in [1.82, 2.24) is 0 Å². The van der Waals surface area contributed by atoms with E-state index in [1.807, 2.05) is 0 Å². The zero-order chi connectivity index (χ0) is 7.68. The van der Waals surface area contributed by atoms with E-state index in [-0.39, 0.29) is 0 Å². The van der Waals surface area contributed by atoms with Crippen LogP contribution >= 0.6 is 0 Å². The molecule has 0 N–H and O–H groups in total. The van der Waals surface area contributed by atoms with Gasteiger partial charge in [-0.25, -0.2) is 0 Å². The molecule has 0 amide bonds. The van der Waals surface area contributed by atoms with E-state index in [0.29, 0.717) is 0 Å². The molecule has 0 bridgehead atoms. The molecule has 0 aromatic rings. The van der Waals surface area contributed by atoms with Crippen molar-refractivity contribution in [3.05, 3.63) is 0 Å². The highest BCUT2D eigenvalue weighted by molar-refractivity contribution is 4.94. The third kappa shape index (κ3) is 1.60. The van der Waals surface area contributed by atoms with Crippen LogP contribution < -0.4 is 0 Å². The van der Waals surface area contributed by atoms with Gasteiger partial charge in [0, 0.05) is 0 Å². The lowest BCUT2D eigenvalue weighted by molar-refractivity contribution is 0.310. The summed E-state index contributed by atoms with van der Waals surface area (Å²) in [5, 5.41) is 0. The van der Waals surface area contributed by atoms with E-state index >= 15 is 0 Å². The number of fused-ring (bicyclic) bond motifs is 1. The van der Waals surface area contributed by atoms with E-state index in [1.54, 1.807) is 19.3 Å². The first-order valence-corrected chi connectivity index (χ1v) is 5.42. The molecular weight excluding hydrogens is 132 g/mol. The highest BCUT2D eigenvalue weighted by Crippen LogP contribution is 2.54. The Balaban J connectivity index is 1.75. The lowest BCUT2D eigenvalue weighted by Crippen LogP contribution is -2.09. The van der Waals surface area contributed by atoms with Crippen LogP contribution in [0.25, 0.3) is 0 Å². The van der Waals surface area contributed by atoms with Crippen LogP contribution in [-0.4, -0.2) is 0 Å². The van der Waals surface area contributed by atoms with Gasteiger partial charge in [0.2, 0.25) is 0 Å². The lowest BCUT2D eigenvalue weighted by atomic mass is 9.85. The second-order valence-corrected chi connectivity index (χ2v) is 4.49. The molecule has 11 heavy (non-hydrogen) atoms. The Morgan fingerprint density at radius 2 is 2.18 bits per heavy atom. The zero-order valence-corrected chi connectivity index (χ0v) is 7.68. The fourth-order valence-corrected chi connectivity index (χ4v) is 2.86. The van der Waals surface area contributed by atoms with E-state index in [4.69, 9.17) is 0 Å². The fraction of sp³-hybridized carbons (Fsp3) is 1.00. The van der Waals surface area contributed by atoms with Gasteiger partial charge in [0.1, 0.15) is 0 Å². The maximum absolute atomic E-state index is 2.31. The minimum absolute atomic E-state index is 1.15. The van der Waals surface area contributed by atoms with Crippen molar-refractivity contribution in [1.29, 1.82) is 0 Å². The summed E-state index contributed by atoms with van der Waals surface area (Å²) in [4.78, 5) is 0. The first-order valence-electron chi connectivity index (χ1n) is 5.42. The predicted octanol–water partition coefficient (Wildman–Crippen LogP) is 3.61. The summed E-state index contributed by atoms with van der Waals surface area (Å²) in [7, 11) is 0. The predicted molar refractivity (Wildman–Crippen MR) is 48.5 cm³/mol. The number of hydrogen-bond donors (Lipinski definition) is 0. The Labute approximate surface area is 70.4 Å². The molecule has 3 atom stereocenters. The molecular formula is C11H20. The molecule has 2 aliphatic carbocycles. The highest BCUT2D eigenvalue weighted by Gasteiger charge is 2.44. The minimum atomic E-state index is 1.15. The molecule has 0 aromatic carbocycles. The van der Waals surface area contributed by atoms with Gasteiger partial charge < -0.3 is 0 Å². The standard InChI is InChI=1S/C11H20/c1-2-3-5-9-6-4-7-10-8-11(9)10/h9-11H,2-8H2,1H3. The Hall–Kier alpha value is 0. The summed E-state index contributed by atoms with van der Waals surface area (Å²) in [6, 6.07) is 0. The SMILES string of the molecule is CCCCC1CCCC2CC12. The highest BCUT2D eigenvalue weighted by atomic mass is 14.5. The van der Waals surface area contributed by atoms with Gasteiger partial charge in [-0.1, -0.05) is 45.4 Å². The van der Waals surface area contributed by atoms with Gasteiger partial charge >= 0.3 is 0 Å². The molecule has 0 radical (unpaired) electrons. The lowest BCUT2D eigenvalue weighted by Gasteiger charge is -2.20. The maximum atomic E-state index is 2.31. The topological polar surface area (TPSA) is 0 Å². The van der Waals surface area contributed by atoms with Gasteiger partial charge in [0.25, 0.3) is 0 Å². The fourth-order valence-electron chi connectivity index (χ4n) is 2.86. The average Bonchev–Trinajstić information content (AvgIpc) is 2.79. The monoisotopic (exact) mass is 152 g/mol. The Morgan fingerprint density at radius 1 is 1.27 bits per heavy atom. The summed E-state index contributed by atoms with van der Waals surface area (Å²) in [6.45, 7) is 2.31. The van der Waals surface area contributed by atoms with Gasteiger partial charge in [-0.3, -0.25) is 0 Å². The smallest absolute Gasteiger partial charge is 0.0355 e. The Bertz CT molecular complexity index is 128. The quantitative estimate of drug-likeness (QED) is 0.579. The minimum Gasteiger partial charge on any atom is -0.0654 e. The van der Waals surface area contributed by atoms with Crippen LogP contribution in [0.3, 0.4) is 0 Å². The molecule has 2 fully saturated rings. The van der Waals surface area contributed by atoms with E-state index in [2.05, 4.69) is 6.92 Å². The van der Waals surface area contributed by atoms with Crippen molar-refractivity contribution in [2.45, 2.75) is 51.9 Å². The van der Waals surface area contributed by atoms with Crippen molar-refractivity contribution >= 4 is 0 Å². The van der Waals surface area contributed by atoms with Crippen LogP contribution in [0, 0.1) is 17.8 Å². The molecule has 0 heteroatoms. The summed E-state index contributed by atoms with van der Waals surface area (Å²) in [5.74, 6) is 3.52. The average molecular weight is 152 g/mol. The molecule has 0 heterocycles. The molecule has 2 aliphatic rings. The molecule has 0 spiro atoms. The van der Waals surface area contributed by atoms with Crippen molar-refractivity contribution in [3.8, 4) is 0 Å². The second kappa shape index (κ2) is 3.16. The number of rotatable bonds is 3.